The van der Waals surface area contributed by atoms with Gasteiger partial charge in [-0.1, -0.05) is 0 Å². The van der Waals surface area contributed by atoms with Crippen molar-refractivity contribution in [2.45, 2.75) is 26.7 Å². The van der Waals surface area contributed by atoms with E-state index in [2.05, 4.69) is 0 Å². The topological polar surface area (TPSA) is 66.9 Å². The van der Waals surface area contributed by atoms with E-state index < -0.39 is 0 Å². The number of hydrogen-bond donors (Lipinski definition) is 0. The summed E-state index contributed by atoms with van der Waals surface area (Å²) in [5.41, 5.74) is 0.655. The van der Waals surface area contributed by atoms with Crippen molar-refractivity contribution >= 4 is 17.6 Å². The second kappa shape index (κ2) is 8.47. The zero-order chi connectivity index (χ0) is 17.5. The number of piperazine rings is 1. The lowest BCUT2D eigenvalue weighted by Gasteiger charge is -2.34. The van der Waals surface area contributed by atoms with E-state index in [4.69, 9.17) is 4.74 Å². The van der Waals surface area contributed by atoms with Crippen molar-refractivity contribution < 1.29 is 19.1 Å². The molecule has 0 bridgehead atoms. The zero-order valence-corrected chi connectivity index (χ0v) is 14.3. The van der Waals surface area contributed by atoms with Crippen LogP contribution in [0.4, 0.5) is 0 Å². The second-order valence-electron chi connectivity index (χ2n) is 5.92. The molecule has 0 aliphatic carbocycles. The molecule has 6 heteroatoms. The predicted molar refractivity (Wildman–Crippen MR) is 90.0 cm³/mol. The number of carbonyl (C=O) groups is 3. The summed E-state index contributed by atoms with van der Waals surface area (Å²) in [6, 6.07) is 6.99. The standard InChI is InChI=1S/C18H24N2O4/c1-14(21)16-5-7-17(8-6-16)24-13-3-4-18(23)20-11-9-19(10-12-20)15(2)22/h5-8H,3-4,9-13H2,1-2H3. The third kappa shape index (κ3) is 5.08. The monoisotopic (exact) mass is 332 g/mol. The Morgan fingerprint density at radius 3 is 2.08 bits per heavy atom. The van der Waals surface area contributed by atoms with Crippen molar-refractivity contribution in [3.8, 4) is 5.75 Å². The smallest absolute Gasteiger partial charge is 0.222 e. The fourth-order valence-corrected chi connectivity index (χ4v) is 2.63. The summed E-state index contributed by atoms with van der Waals surface area (Å²) < 4.78 is 5.59. The molecule has 0 unspecified atom stereocenters. The van der Waals surface area contributed by atoms with Crippen LogP contribution < -0.4 is 4.74 Å². The van der Waals surface area contributed by atoms with Crippen molar-refractivity contribution in [3.05, 3.63) is 29.8 Å². The Labute approximate surface area is 142 Å². The molecular formula is C18H24N2O4. The van der Waals surface area contributed by atoms with Crippen LogP contribution in [0.2, 0.25) is 0 Å². The fourth-order valence-electron chi connectivity index (χ4n) is 2.63. The van der Waals surface area contributed by atoms with Crippen LogP contribution in [0.5, 0.6) is 5.75 Å². The number of amides is 2. The van der Waals surface area contributed by atoms with E-state index in [1.165, 1.54) is 6.92 Å². The summed E-state index contributed by atoms with van der Waals surface area (Å²) in [6.45, 7) is 5.96. The molecular weight excluding hydrogens is 308 g/mol. The Morgan fingerprint density at radius 2 is 1.54 bits per heavy atom. The highest BCUT2D eigenvalue weighted by atomic mass is 16.5. The molecule has 2 amide bonds. The lowest BCUT2D eigenvalue weighted by Crippen LogP contribution is -2.50. The average Bonchev–Trinajstić information content (AvgIpc) is 2.59. The number of nitrogens with zero attached hydrogens (tertiary/aromatic N) is 2. The summed E-state index contributed by atoms with van der Waals surface area (Å²) in [6.07, 6.45) is 1.08. The summed E-state index contributed by atoms with van der Waals surface area (Å²) in [5, 5.41) is 0. The van der Waals surface area contributed by atoms with Crippen LogP contribution in [0.1, 0.15) is 37.0 Å². The Morgan fingerprint density at radius 1 is 0.958 bits per heavy atom. The van der Waals surface area contributed by atoms with Crippen LogP contribution in [0.3, 0.4) is 0 Å². The van der Waals surface area contributed by atoms with Gasteiger partial charge in [0.25, 0.3) is 0 Å². The van der Waals surface area contributed by atoms with Gasteiger partial charge >= 0.3 is 0 Å². The maximum Gasteiger partial charge on any atom is 0.222 e. The van der Waals surface area contributed by atoms with E-state index in [1.807, 2.05) is 0 Å². The van der Waals surface area contributed by atoms with Crippen LogP contribution >= 0.6 is 0 Å². The van der Waals surface area contributed by atoms with Gasteiger partial charge in [-0.05, 0) is 37.6 Å². The average molecular weight is 332 g/mol. The van der Waals surface area contributed by atoms with Crippen molar-refractivity contribution in [1.29, 1.82) is 0 Å². The van der Waals surface area contributed by atoms with E-state index in [0.717, 1.165) is 0 Å². The Hall–Kier alpha value is -2.37. The molecule has 1 aromatic carbocycles. The van der Waals surface area contributed by atoms with Crippen LogP contribution in [0.25, 0.3) is 0 Å². The minimum Gasteiger partial charge on any atom is -0.494 e. The van der Waals surface area contributed by atoms with Crippen molar-refractivity contribution in [2.75, 3.05) is 32.8 Å². The molecule has 6 nitrogen and oxygen atoms in total. The molecule has 0 aromatic heterocycles. The van der Waals surface area contributed by atoms with E-state index in [-0.39, 0.29) is 17.6 Å². The van der Waals surface area contributed by atoms with Gasteiger partial charge in [0, 0.05) is 45.1 Å². The maximum atomic E-state index is 12.1. The number of ketones is 1. The highest BCUT2D eigenvalue weighted by molar-refractivity contribution is 5.94. The molecule has 1 aromatic rings. The largest absolute Gasteiger partial charge is 0.494 e. The number of carbonyl (C=O) groups excluding carboxylic acids is 3. The van der Waals surface area contributed by atoms with Crippen LogP contribution in [-0.4, -0.2) is 60.2 Å². The van der Waals surface area contributed by atoms with Gasteiger partial charge in [-0.3, -0.25) is 14.4 Å². The molecule has 24 heavy (non-hydrogen) atoms. The van der Waals surface area contributed by atoms with Gasteiger partial charge in [0.05, 0.1) is 6.61 Å². The Balaban J connectivity index is 1.66. The quantitative estimate of drug-likeness (QED) is 0.588. The summed E-state index contributed by atoms with van der Waals surface area (Å²) in [5.74, 6) is 0.888. The molecule has 1 heterocycles. The fraction of sp³-hybridized carbons (Fsp3) is 0.500. The summed E-state index contributed by atoms with van der Waals surface area (Å²) in [4.78, 5) is 38.2. The van der Waals surface area contributed by atoms with Gasteiger partial charge in [-0.2, -0.15) is 0 Å². The lowest BCUT2D eigenvalue weighted by molar-refractivity contribution is -0.138. The van der Waals surface area contributed by atoms with Gasteiger partial charge in [-0.15, -0.1) is 0 Å². The van der Waals surface area contributed by atoms with E-state index in [9.17, 15) is 14.4 Å². The molecule has 1 aliphatic heterocycles. The van der Waals surface area contributed by atoms with Crippen molar-refractivity contribution in [1.82, 2.24) is 9.80 Å². The first-order valence-corrected chi connectivity index (χ1v) is 8.24. The van der Waals surface area contributed by atoms with Gasteiger partial charge < -0.3 is 14.5 Å². The SMILES string of the molecule is CC(=O)c1ccc(OCCCC(=O)N2CCN(C(C)=O)CC2)cc1. The molecule has 0 spiro atoms. The summed E-state index contributed by atoms with van der Waals surface area (Å²) in [7, 11) is 0. The number of benzene rings is 1. The molecule has 0 atom stereocenters. The van der Waals surface area contributed by atoms with Crippen molar-refractivity contribution in [3.63, 3.8) is 0 Å². The third-order valence-corrected chi connectivity index (χ3v) is 4.14. The molecule has 0 N–H and O–H groups in total. The zero-order valence-electron chi connectivity index (χ0n) is 14.3. The van der Waals surface area contributed by atoms with E-state index in [0.29, 0.717) is 56.9 Å². The molecule has 0 radical (unpaired) electrons. The minimum atomic E-state index is 0.0250. The van der Waals surface area contributed by atoms with Crippen LogP contribution in [0.15, 0.2) is 24.3 Å². The number of Topliss-reactive ketones (excluding diaryl/α,β-unsaturated/α-hetero) is 1. The van der Waals surface area contributed by atoms with Gasteiger partial charge in [-0.25, -0.2) is 0 Å². The normalized spacial score (nSPS) is 14.4. The highest BCUT2D eigenvalue weighted by Gasteiger charge is 2.21. The Kier molecular flexibility index (Phi) is 6.35. The van der Waals surface area contributed by atoms with Crippen molar-refractivity contribution in [2.24, 2.45) is 0 Å². The first-order chi connectivity index (χ1) is 11.5. The van der Waals surface area contributed by atoms with Gasteiger partial charge in [0.2, 0.25) is 11.8 Å². The first-order valence-electron chi connectivity index (χ1n) is 8.24. The predicted octanol–water partition coefficient (Wildman–Crippen LogP) is 1.74. The Bertz CT molecular complexity index is 590. The highest BCUT2D eigenvalue weighted by Crippen LogP contribution is 2.13. The third-order valence-electron chi connectivity index (χ3n) is 4.14. The molecule has 1 saturated heterocycles. The van der Waals surface area contributed by atoms with Gasteiger partial charge in [0.1, 0.15) is 5.75 Å². The molecule has 1 aliphatic rings. The second-order valence-corrected chi connectivity index (χ2v) is 5.92. The van der Waals surface area contributed by atoms with Crippen LogP contribution in [-0.2, 0) is 9.59 Å². The molecule has 2 rings (SSSR count). The maximum absolute atomic E-state index is 12.1. The summed E-state index contributed by atoms with van der Waals surface area (Å²) >= 11 is 0. The minimum absolute atomic E-state index is 0.0250. The van der Waals surface area contributed by atoms with E-state index in [1.54, 1.807) is 41.0 Å². The van der Waals surface area contributed by atoms with E-state index >= 15 is 0 Å². The van der Waals surface area contributed by atoms with Gasteiger partial charge in [0.15, 0.2) is 5.78 Å². The molecule has 130 valence electrons. The molecule has 1 fully saturated rings. The number of hydrogen-bond acceptors (Lipinski definition) is 4. The molecule has 0 saturated carbocycles. The number of rotatable bonds is 6. The first kappa shape index (κ1) is 18.0. The lowest BCUT2D eigenvalue weighted by atomic mass is 10.1. The number of ether oxygens (including phenoxy) is 1. The van der Waals surface area contributed by atoms with Crippen LogP contribution in [0, 0.1) is 0 Å².